The lowest BCUT2D eigenvalue weighted by atomic mass is 10.1. The highest BCUT2D eigenvalue weighted by Crippen LogP contribution is 2.20. The van der Waals surface area contributed by atoms with E-state index in [1.54, 1.807) is 23.6 Å². The summed E-state index contributed by atoms with van der Waals surface area (Å²) in [5, 5.41) is 3.14. The normalized spacial score (nSPS) is 11.2. The number of thiophene rings is 1. The van der Waals surface area contributed by atoms with Gasteiger partial charge in [0.1, 0.15) is 0 Å². The lowest BCUT2D eigenvalue weighted by Gasteiger charge is -2.00. The molecule has 0 saturated heterocycles. The molecule has 2 aromatic rings. The fraction of sp³-hybridized carbons (Fsp3) is 0.409. The summed E-state index contributed by atoms with van der Waals surface area (Å²) in [6.07, 6.45) is 13.7. The maximum Gasteiger partial charge on any atom is 0.197 e. The Morgan fingerprint density at radius 2 is 1.69 bits per heavy atom. The van der Waals surface area contributed by atoms with Crippen LogP contribution in [0.4, 0.5) is 5.69 Å². The van der Waals surface area contributed by atoms with Crippen molar-refractivity contribution < 1.29 is 4.79 Å². The molecule has 0 aliphatic rings. The summed E-state index contributed by atoms with van der Waals surface area (Å²) in [5.74, 6) is 0.0684. The minimum atomic E-state index is 0.0684. The van der Waals surface area contributed by atoms with E-state index in [9.17, 15) is 4.79 Å². The Morgan fingerprint density at radius 1 is 1.00 bits per heavy atom. The van der Waals surface area contributed by atoms with Crippen molar-refractivity contribution in [3.63, 3.8) is 0 Å². The molecule has 1 N–H and O–H groups in total. The zero-order chi connectivity index (χ0) is 18.6. The number of hydrogen-bond donors (Lipinski definition) is 1. The molecule has 26 heavy (non-hydrogen) atoms. The van der Waals surface area contributed by atoms with Crippen molar-refractivity contribution in [1.82, 2.24) is 0 Å². The number of aryl methyl sites for hydroxylation is 1. The predicted molar refractivity (Wildman–Crippen MR) is 122 cm³/mol. The van der Waals surface area contributed by atoms with Crippen molar-refractivity contribution in [1.29, 1.82) is 0 Å². The van der Waals surface area contributed by atoms with E-state index in [0.29, 0.717) is 0 Å². The van der Waals surface area contributed by atoms with Gasteiger partial charge in [-0.2, -0.15) is 0 Å². The molecule has 0 radical (unpaired) electrons. The SMILES string of the molecule is CCCCCCCCCc1ccc(C(=O)/C=C\Nc2ccc(I)cc2)s1. The van der Waals surface area contributed by atoms with Crippen molar-refractivity contribution in [3.05, 3.63) is 62.0 Å². The minimum absolute atomic E-state index is 0.0684. The Labute approximate surface area is 175 Å². The largest absolute Gasteiger partial charge is 0.362 e. The molecule has 0 atom stereocenters. The van der Waals surface area contributed by atoms with E-state index in [4.69, 9.17) is 0 Å². The number of unbranched alkanes of at least 4 members (excludes halogenated alkanes) is 6. The number of carbonyl (C=O) groups is 1. The standard InChI is InChI=1S/C22H28INOS/c1-2-3-4-5-6-7-8-9-20-14-15-22(26-20)21(25)16-17-24-19-12-10-18(23)11-13-19/h10-17,24H,2-9H2,1H3/b17-16-. The number of ketones is 1. The monoisotopic (exact) mass is 481 g/mol. The number of allylic oxidation sites excluding steroid dienone is 1. The smallest absolute Gasteiger partial charge is 0.197 e. The van der Waals surface area contributed by atoms with Gasteiger partial charge in [-0.15, -0.1) is 11.3 Å². The van der Waals surface area contributed by atoms with Gasteiger partial charge in [-0.1, -0.05) is 45.4 Å². The van der Waals surface area contributed by atoms with Crippen LogP contribution in [0.5, 0.6) is 0 Å². The Balaban J connectivity index is 1.69. The fourth-order valence-electron chi connectivity index (χ4n) is 2.74. The fourth-order valence-corrected chi connectivity index (χ4v) is 4.07. The second kappa shape index (κ2) is 12.3. The number of rotatable bonds is 12. The first kappa shape index (κ1) is 21.2. The number of carbonyl (C=O) groups excluding carboxylic acids is 1. The van der Waals surface area contributed by atoms with Crippen LogP contribution in [0.1, 0.15) is 66.4 Å². The van der Waals surface area contributed by atoms with E-state index >= 15 is 0 Å². The molecule has 2 rings (SSSR count). The highest BCUT2D eigenvalue weighted by Gasteiger charge is 2.06. The first-order chi connectivity index (χ1) is 12.7. The molecular formula is C22H28INOS. The van der Waals surface area contributed by atoms with Crippen LogP contribution in [0.15, 0.2) is 48.7 Å². The lowest BCUT2D eigenvalue weighted by Crippen LogP contribution is -1.93. The number of halogens is 1. The molecule has 0 aliphatic heterocycles. The molecule has 0 unspecified atom stereocenters. The second-order valence-electron chi connectivity index (χ2n) is 6.49. The van der Waals surface area contributed by atoms with E-state index in [1.165, 1.54) is 53.4 Å². The molecule has 0 bridgehead atoms. The van der Waals surface area contributed by atoms with Crippen LogP contribution in [0.25, 0.3) is 0 Å². The maximum atomic E-state index is 12.3. The second-order valence-corrected chi connectivity index (χ2v) is 8.90. The molecule has 2 nitrogen and oxygen atoms in total. The van der Waals surface area contributed by atoms with Crippen LogP contribution >= 0.6 is 33.9 Å². The number of anilines is 1. The van der Waals surface area contributed by atoms with Crippen LogP contribution in [0.2, 0.25) is 0 Å². The zero-order valence-electron chi connectivity index (χ0n) is 15.5. The van der Waals surface area contributed by atoms with Gasteiger partial charge in [0.05, 0.1) is 4.88 Å². The predicted octanol–water partition coefficient (Wildman–Crippen LogP) is 7.45. The van der Waals surface area contributed by atoms with Crippen LogP contribution in [0.3, 0.4) is 0 Å². The molecule has 0 spiro atoms. The summed E-state index contributed by atoms with van der Waals surface area (Å²) in [6, 6.07) is 12.1. The molecule has 1 aromatic heterocycles. The molecule has 0 amide bonds. The van der Waals surface area contributed by atoms with Crippen LogP contribution in [0, 0.1) is 3.57 Å². The average Bonchev–Trinajstić information content (AvgIpc) is 3.11. The van der Waals surface area contributed by atoms with E-state index in [1.807, 2.05) is 30.3 Å². The minimum Gasteiger partial charge on any atom is -0.362 e. The van der Waals surface area contributed by atoms with Crippen molar-refractivity contribution >= 4 is 45.4 Å². The van der Waals surface area contributed by atoms with Gasteiger partial charge < -0.3 is 5.32 Å². The van der Waals surface area contributed by atoms with Crippen LogP contribution in [-0.2, 0) is 6.42 Å². The number of nitrogens with one attached hydrogen (secondary N) is 1. The quantitative estimate of drug-likeness (QED) is 0.148. The topological polar surface area (TPSA) is 29.1 Å². The third-order valence-electron chi connectivity index (χ3n) is 4.26. The van der Waals surface area contributed by atoms with Crippen molar-refractivity contribution in [2.45, 2.75) is 58.3 Å². The summed E-state index contributed by atoms with van der Waals surface area (Å²) >= 11 is 3.91. The average molecular weight is 481 g/mol. The van der Waals surface area contributed by atoms with Gasteiger partial charge in [-0.05, 0) is 71.8 Å². The van der Waals surface area contributed by atoms with Crippen molar-refractivity contribution in [2.24, 2.45) is 0 Å². The molecule has 0 fully saturated rings. The molecule has 1 aromatic carbocycles. The van der Waals surface area contributed by atoms with E-state index in [-0.39, 0.29) is 5.78 Å². The lowest BCUT2D eigenvalue weighted by molar-refractivity contribution is 0.105. The molecular weight excluding hydrogens is 453 g/mol. The Hall–Kier alpha value is -1.14. The maximum absolute atomic E-state index is 12.3. The van der Waals surface area contributed by atoms with Gasteiger partial charge in [0.2, 0.25) is 0 Å². The van der Waals surface area contributed by atoms with Gasteiger partial charge >= 0.3 is 0 Å². The third kappa shape index (κ3) is 8.04. The molecule has 1 heterocycles. The molecule has 0 saturated carbocycles. The highest BCUT2D eigenvalue weighted by atomic mass is 127. The van der Waals surface area contributed by atoms with Gasteiger partial charge in [0, 0.05) is 26.4 Å². The van der Waals surface area contributed by atoms with Gasteiger partial charge in [-0.25, -0.2) is 0 Å². The van der Waals surface area contributed by atoms with Gasteiger partial charge in [0.15, 0.2) is 5.78 Å². The van der Waals surface area contributed by atoms with Crippen LogP contribution in [-0.4, -0.2) is 5.78 Å². The summed E-state index contributed by atoms with van der Waals surface area (Å²) in [7, 11) is 0. The number of hydrogen-bond acceptors (Lipinski definition) is 3. The zero-order valence-corrected chi connectivity index (χ0v) is 18.4. The Kier molecular flexibility index (Phi) is 10.00. The summed E-state index contributed by atoms with van der Waals surface area (Å²) in [6.45, 7) is 2.25. The van der Waals surface area contributed by atoms with E-state index < -0.39 is 0 Å². The van der Waals surface area contributed by atoms with Gasteiger partial charge in [-0.3, -0.25) is 4.79 Å². The summed E-state index contributed by atoms with van der Waals surface area (Å²) in [5.41, 5.74) is 0.986. The Morgan fingerprint density at radius 3 is 2.42 bits per heavy atom. The Bertz CT molecular complexity index is 690. The summed E-state index contributed by atoms with van der Waals surface area (Å²) in [4.78, 5) is 14.4. The molecule has 0 aliphatic carbocycles. The van der Waals surface area contributed by atoms with Crippen molar-refractivity contribution in [3.8, 4) is 0 Å². The van der Waals surface area contributed by atoms with Crippen LogP contribution < -0.4 is 5.32 Å². The third-order valence-corrected chi connectivity index (χ3v) is 6.14. The van der Waals surface area contributed by atoms with E-state index in [0.717, 1.165) is 17.0 Å². The van der Waals surface area contributed by atoms with Crippen molar-refractivity contribution in [2.75, 3.05) is 5.32 Å². The molecule has 4 heteroatoms. The molecule has 140 valence electrons. The highest BCUT2D eigenvalue weighted by molar-refractivity contribution is 14.1. The first-order valence-corrected chi connectivity index (χ1v) is 11.4. The van der Waals surface area contributed by atoms with Gasteiger partial charge in [0.25, 0.3) is 0 Å². The summed E-state index contributed by atoms with van der Waals surface area (Å²) < 4.78 is 1.19. The first-order valence-electron chi connectivity index (χ1n) is 9.50. The number of benzene rings is 1. The van der Waals surface area contributed by atoms with E-state index in [2.05, 4.69) is 40.9 Å².